The van der Waals surface area contributed by atoms with E-state index in [4.69, 9.17) is 9.15 Å². The van der Waals surface area contributed by atoms with E-state index in [9.17, 15) is 9.59 Å². The monoisotopic (exact) mass is 577 g/mol. The van der Waals surface area contributed by atoms with Crippen molar-refractivity contribution in [3.05, 3.63) is 137 Å². The number of benzene rings is 3. The Morgan fingerprint density at radius 3 is 2.76 bits per heavy atom. The Morgan fingerprint density at radius 1 is 1.05 bits per heavy atom. The fraction of sp³-hybridized carbons (Fsp3) is 0.206. The molecule has 1 N–H and O–H groups in total. The Balaban J connectivity index is 1.26. The summed E-state index contributed by atoms with van der Waals surface area (Å²) in [5, 5.41) is 2.91. The van der Waals surface area contributed by atoms with Gasteiger partial charge in [0.05, 0.1) is 25.7 Å². The molecule has 1 unspecified atom stereocenters. The van der Waals surface area contributed by atoms with Crippen molar-refractivity contribution >= 4 is 23.5 Å². The summed E-state index contributed by atoms with van der Waals surface area (Å²) in [7, 11) is 0. The predicted octanol–water partition coefficient (Wildman–Crippen LogP) is 7.04. The third-order valence-electron chi connectivity index (χ3n) is 7.38. The van der Waals surface area contributed by atoms with Crippen LogP contribution in [0.3, 0.4) is 0 Å². The molecule has 42 heavy (non-hydrogen) atoms. The van der Waals surface area contributed by atoms with Crippen molar-refractivity contribution in [2.45, 2.75) is 49.1 Å². The highest BCUT2D eigenvalue weighted by Crippen LogP contribution is 2.38. The van der Waals surface area contributed by atoms with E-state index in [1.807, 2.05) is 65.4 Å². The summed E-state index contributed by atoms with van der Waals surface area (Å²) >= 11 is 1.63. The number of hydrogen-bond acceptors (Lipinski definition) is 6. The van der Waals surface area contributed by atoms with Crippen LogP contribution in [-0.2, 0) is 25.3 Å². The molecule has 6 rings (SSSR count). The van der Waals surface area contributed by atoms with Crippen LogP contribution in [0.15, 0.2) is 113 Å². The summed E-state index contributed by atoms with van der Waals surface area (Å²) in [4.78, 5) is 30.8. The van der Waals surface area contributed by atoms with Gasteiger partial charge in [-0.25, -0.2) is 4.98 Å². The van der Waals surface area contributed by atoms with E-state index in [1.54, 1.807) is 42.7 Å². The fourth-order valence-electron chi connectivity index (χ4n) is 5.23. The van der Waals surface area contributed by atoms with Crippen molar-refractivity contribution < 1.29 is 18.7 Å². The quantitative estimate of drug-likeness (QED) is 0.170. The molecule has 0 aliphatic heterocycles. The number of ketones is 1. The largest absolute Gasteiger partial charge is 0.484 e. The van der Waals surface area contributed by atoms with E-state index in [2.05, 4.69) is 22.4 Å². The van der Waals surface area contributed by atoms with Crippen LogP contribution in [0.2, 0.25) is 0 Å². The van der Waals surface area contributed by atoms with Crippen molar-refractivity contribution in [3.8, 4) is 5.75 Å². The lowest BCUT2D eigenvalue weighted by molar-refractivity contribution is 0.0945. The predicted molar refractivity (Wildman–Crippen MR) is 162 cm³/mol. The van der Waals surface area contributed by atoms with E-state index < -0.39 is 0 Å². The molecule has 1 aliphatic rings. The standard InChI is InChI=1S/C34H31N3O4S/c38-31-13-5-12-28-29(31)14-15-32(41-33(21-37-17-16-35-23-37)24-7-2-1-3-8-24)30(28)22-42-27-11-4-9-25(19-27)34(39)36-20-26-10-6-18-40-26/h1-4,6-11,14-19,23,33H,5,12-13,20-22H2,(H,36,39). The second-order valence-electron chi connectivity index (χ2n) is 10.2. The summed E-state index contributed by atoms with van der Waals surface area (Å²) in [5.41, 5.74) is 4.54. The van der Waals surface area contributed by atoms with Gasteiger partial charge in [0.25, 0.3) is 5.91 Å². The Morgan fingerprint density at radius 2 is 1.95 bits per heavy atom. The molecule has 7 nitrogen and oxygen atoms in total. The zero-order valence-corrected chi connectivity index (χ0v) is 23.9. The van der Waals surface area contributed by atoms with Gasteiger partial charge in [0.2, 0.25) is 0 Å². The number of thioether (sulfide) groups is 1. The maximum Gasteiger partial charge on any atom is 0.251 e. The number of aromatic nitrogens is 2. The van der Waals surface area contributed by atoms with Gasteiger partial charge < -0.3 is 19.0 Å². The average Bonchev–Trinajstić information content (AvgIpc) is 3.74. The number of furan rings is 1. The average molecular weight is 578 g/mol. The van der Waals surface area contributed by atoms with Gasteiger partial charge in [0, 0.05) is 46.2 Å². The lowest BCUT2D eigenvalue weighted by Gasteiger charge is -2.25. The van der Waals surface area contributed by atoms with Gasteiger partial charge in [-0.2, -0.15) is 0 Å². The zero-order chi connectivity index (χ0) is 28.7. The Bertz CT molecular complexity index is 1650. The van der Waals surface area contributed by atoms with Crippen molar-refractivity contribution in [1.29, 1.82) is 0 Å². The number of ether oxygens (including phenoxy) is 1. The van der Waals surface area contributed by atoms with Gasteiger partial charge in [0.15, 0.2) is 5.78 Å². The molecule has 0 bridgehead atoms. The van der Waals surface area contributed by atoms with Crippen LogP contribution in [0.5, 0.6) is 5.75 Å². The normalized spacial score (nSPS) is 13.4. The smallest absolute Gasteiger partial charge is 0.251 e. The molecular formula is C34H31N3O4S. The minimum atomic E-state index is -0.248. The van der Waals surface area contributed by atoms with E-state index in [0.717, 1.165) is 45.7 Å². The van der Waals surface area contributed by atoms with Crippen LogP contribution >= 0.6 is 11.8 Å². The van der Waals surface area contributed by atoms with E-state index in [1.165, 1.54) is 0 Å². The molecule has 0 saturated carbocycles. The molecule has 0 radical (unpaired) electrons. The topological polar surface area (TPSA) is 86.4 Å². The number of amides is 1. The molecule has 2 aromatic heterocycles. The zero-order valence-electron chi connectivity index (χ0n) is 23.1. The third kappa shape index (κ3) is 6.50. The first-order valence-corrected chi connectivity index (χ1v) is 15.0. The van der Waals surface area contributed by atoms with Gasteiger partial charge in [-0.15, -0.1) is 11.8 Å². The number of carbonyl (C=O) groups is 2. The second kappa shape index (κ2) is 13.0. The Hall–Kier alpha value is -4.56. The molecule has 0 fully saturated rings. The summed E-state index contributed by atoms with van der Waals surface area (Å²) in [5.74, 6) is 2.10. The van der Waals surface area contributed by atoms with Gasteiger partial charge in [0.1, 0.15) is 17.6 Å². The molecular weight excluding hydrogens is 546 g/mol. The number of fused-ring (bicyclic) bond motifs is 1. The minimum Gasteiger partial charge on any atom is -0.484 e. The molecule has 0 spiro atoms. The fourth-order valence-corrected chi connectivity index (χ4v) is 6.24. The van der Waals surface area contributed by atoms with Crippen molar-refractivity contribution in [1.82, 2.24) is 14.9 Å². The Labute approximate surface area is 248 Å². The summed E-state index contributed by atoms with van der Waals surface area (Å²) in [6.07, 6.45) is 9.06. The first-order chi connectivity index (χ1) is 20.6. The van der Waals surface area contributed by atoms with Gasteiger partial charge in [-0.3, -0.25) is 9.59 Å². The number of nitrogens with zero attached hydrogens (tertiary/aromatic N) is 2. The van der Waals surface area contributed by atoms with Crippen LogP contribution in [0.1, 0.15) is 62.1 Å². The first kappa shape index (κ1) is 27.6. The SMILES string of the molecule is O=C(NCc1ccco1)c1cccc(SCc2c(OC(Cn3ccnc3)c3ccccc3)ccc3c2CCCC3=O)c1. The summed E-state index contributed by atoms with van der Waals surface area (Å²) < 4.78 is 14.1. The maximum absolute atomic E-state index is 12.8. The van der Waals surface area contributed by atoms with Crippen LogP contribution in [0.25, 0.3) is 0 Å². The molecule has 5 aromatic rings. The van der Waals surface area contributed by atoms with Gasteiger partial charge in [-0.1, -0.05) is 36.4 Å². The van der Waals surface area contributed by atoms with Crippen LogP contribution < -0.4 is 10.1 Å². The van der Waals surface area contributed by atoms with Gasteiger partial charge in [-0.05, 0) is 66.4 Å². The first-order valence-electron chi connectivity index (χ1n) is 14.0. The molecule has 3 aromatic carbocycles. The summed E-state index contributed by atoms with van der Waals surface area (Å²) in [6.45, 7) is 0.928. The van der Waals surface area contributed by atoms with Crippen molar-refractivity contribution in [2.75, 3.05) is 0 Å². The third-order valence-corrected chi connectivity index (χ3v) is 8.40. The lowest BCUT2D eigenvalue weighted by atomic mass is 9.87. The number of carbonyl (C=O) groups excluding carboxylic acids is 2. The van der Waals surface area contributed by atoms with Crippen LogP contribution in [0.4, 0.5) is 0 Å². The van der Waals surface area contributed by atoms with Crippen LogP contribution in [-0.4, -0.2) is 21.2 Å². The molecule has 1 atom stereocenters. The van der Waals surface area contributed by atoms with Crippen molar-refractivity contribution in [3.63, 3.8) is 0 Å². The van der Waals surface area contributed by atoms with E-state index >= 15 is 0 Å². The molecule has 2 heterocycles. The minimum absolute atomic E-state index is 0.161. The van der Waals surface area contributed by atoms with Crippen molar-refractivity contribution in [2.24, 2.45) is 0 Å². The summed E-state index contributed by atoms with van der Waals surface area (Å²) in [6, 6.07) is 25.2. The second-order valence-corrected chi connectivity index (χ2v) is 11.2. The molecule has 0 saturated heterocycles. The maximum atomic E-state index is 12.8. The van der Waals surface area contributed by atoms with E-state index in [-0.39, 0.29) is 17.8 Å². The number of Topliss-reactive ketones (excluding diaryl/α,β-unsaturated/α-hetero) is 1. The molecule has 1 amide bonds. The lowest BCUT2D eigenvalue weighted by Crippen LogP contribution is -2.22. The highest BCUT2D eigenvalue weighted by atomic mass is 32.2. The highest BCUT2D eigenvalue weighted by molar-refractivity contribution is 7.98. The Kier molecular flexibility index (Phi) is 8.51. The number of imidazole rings is 1. The number of hydrogen-bond donors (Lipinski definition) is 1. The van der Waals surface area contributed by atoms with Gasteiger partial charge >= 0.3 is 0 Å². The number of rotatable bonds is 11. The molecule has 1 aliphatic carbocycles. The molecule has 212 valence electrons. The number of nitrogens with one attached hydrogen (secondary N) is 1. The molecule has 8 heteroatoms. The van der Waals surface area contributed by atoms with Crippen LogP contribution in [0, 0.1) is 0 Å². The highest BCUT2D eigenvalue weighted by Gasteiger charge is 2.25. The van der Waals surface area contributed by atoms with E-state index in [0.29, 0.717) is 36.6 Å².